The van der Waals surface area contributed by atoms with E-state index in [2.05, 4.69) is 3.79 Å². The molecule has 0 aliphatic carbocycles. The number of hydrogen-bond acceptors (Lipinski definition) is 7. The maximum Gasteiger partial charge on any atom is 1.00 e. The van der Waals surface area contributed by atoms with Crippen molar-refractivity contribution in [2.75, 3.05) is 6.61 Å². The van der Waals surface area contributed by atoms with Crippen LogP contribution in [0.15, 0.2) is 0 Å². The van der Waals surface area contributed by atoms with Crippen molar-refractivity contribution in [3.63, 3.8) is 0 Å². The molecule has 0 bridgehead atoms. The van der Waals surface area contributed by atoms with Gasteiger partial charge < -0.3 is 51.2 Å². The molecule has 0 spiro atoms. The number of hydrogen-bond donors (Lipinski definition) is 4. The van der Waals surface area contributed by atoms with E-state index in [9.17, 15) is 9.90 Å². The van der Waals surface area contributed by atoms with Crippen molar-refractivity contribution in [1.29, 1.82) is 0 Å². The minimum atomic E-state index is -2.23. The van der Waals surface area contributed by atoms with E-state index in [1.807, 2.05) is 0 Å². The Bertz CT molecular complexity index is 196. The number of carbonyl (C=O) groups excluding carboxylic acids is 1. The van der Waals surface area contributed by atoms with Crippen LogP contribution < -0.4 is 56.5 Å². The van der Waals surface area contributed by atoms with E-state index in [1.54, 1.807) is 0 Å². The summed E-state index contributed by atoms with van der Waals surface area (Å²) in [5, 5.41) is 46.2. The Hall–Kier alpha value is 1.28. The molecule has 4 unspecified atom stereocenters. The van der Waals surface area contributed by atoms with E-state index in [0.29, 0.717) is 0 Å². The van der Waals surface area contributed by atoms with Crippen molar-refractivity contribution in [3.05, 3.63) is 0 Å². The van der Waals surface area contributed by atoms with Crippen LogP contribution in [-0.4, -0.2) is 95.9 Å². The van der Waals surface area contributed by atoms with E-state index < -0.39 is 37.0 Å². The summed E-state index contributed by atoms with van der Waals surface area (Å²) < 4.78 is 3.95. The molecule has 0 amide bonds. The predicted octanol–water partition coefficient (Wildman–Crippen LogP) is -10.9. The molecule has 112 valence electrons. The van der Waals surface area contributed by atoms with Gasteiger partial charge in [-0.2, -0.15) is 0 Å². The quantitative estimate of drug-likeness (QED) is 0.353. The van der Waals surface area contributed by atoms with Crippen molar-refractivity contribution in [2.24, 2.45) is 0 Å². The van der Waals surface area contributed by atoms with Crippen LogP contribution in [0.25, 0.3) is 0 Å². The molecule has 0 saturated heterocycles. The van der Waals surface area contributed by atoms with Crippen LogP contribution in [0, 0.1) is 0 Å². The second kappa shape index (κ2) is 19.3. The van der Waals surface area contributed by atoms with Crippen LogP contribution >= 0.6 is 0 Å². The molecule has 19 heavy (non-hydrogen) atoms. The van der Waals surface area contributed by atoms with Crippen LogP contribution in [0.1, 0.15) is 0 Å². The Morgan fingerprint density at radius 1 is 1.11 bits per heavy atom. The molecule has 11 nitrogen and oxygen atoms in total. The zero-order chi connectivity index (χ0) is 11.3. The van der Waals surface area contributed by atoms with Gasteiger partial charge in [-0.3, -0.25) is 4.79 Å². The molecule has 0 aromatic heterocycles. The van der Waals surface area contributed by atoms with Gasteiger partial charge in [0.1, 0.15) is 12.2 Å². The Kier molecular flexibility index (Phi) is 37.5. The molecule has 0 aliphatic heterocycles. The molecule has 4 atom stereocenters. The first-order valence-electron chi connectivity index (χ1n) is 3.67. The van der Waals surface area contributed by atoms with Crippen molar-refractivity contribution < 1.29 is 107 Å². The smallest absolute Gasteiger partial charge is 0.842 e. The second-order valence-electron chi connectivity index (χ2n) is 2.59. The van der Waals surface area contributed by atoms with Gasteiger partial charge in [0.05, 0.1) is 12.7 Å². The standard InChI is InChI=1S/C6H11O7.Al.K.4H2O/c7-1-2(8)3(9)4(10)5(11)6(12)13;;;;;;/h2-5,7-10H,1H2,(H,12,13);;;4*1H2/q-1;2*+1;;;;/p-1. The molecule has 0 aromatic carbocycles. The van der Waals surface area contributed by atoms with Crippen LogP contribution in [0.5, 0.6) is 0 Å². The normalized spacial score (nSPS) is 14.4. The summed E-state index contributed by atoms with van der Waals surface area (Å²) in [6.45, 7) is -0.832. The fourth-order valence-corrected chi connectivity index (χ4v) is 0.855. The number of aliphatic hydroxyl groups excluding tert-OH is 4. The topological polar surface area (TPSA) is 256 Å². The fourth-order valence-electron chi connectivity index (χ4n) is 0.721. The first kappa shape index (κ1) is 37.0. The van der Waals surface area contributed by atoms with Crippen molar-refractivity contribution in [3.8, 4) is 0 Å². The molecule has 12 N–H and O–H groups in total. The Labute approximate surface area is 159 Å². The van der Waals surface area contributed by atoms with Gasteiger partial charge in [-0.25, -0.2) is 0 Å². The first-order valence-corrected chi connectivity index (χ1v) is 4.14. The third-order valence-electron chi connectivity index (χ3n) is 1.59. The maximum absolute atomic E-state index is 10.9. The van der Waals surface area contributed by atoms with E-state index in [1.165, 1.54) is 16.6 Å². The molecule has 2 radical (unpaired) electrons. The number of carbonyl (C=O) groups is 1. The van der Waals surface area contributed by atoms with Crippen LogP contribution in [0.4, 0.5) is 0 Å². The molecule has 0 aliphatic rings. The molecule has 0 aromatic rings. The average molecular weight is 332 g/mol. The molecular weight excluding hydrogens is 314 g/mol. The third kappa shape index (κ3) is 12.7. The Balaban J connectivity index is -0.0000000845. The van der Waals surface area contributed by atoms with E-state index in [-0.39, 0.29) is 73.3 Å². The van der Waals surface area contributed by atoms with Gasteiger partial charge in [0.2, 0.25) is 0 Å². The van der Waals surface area contributed by atoms with Crippen LogP contribution in [0.3, 0.4) is 0 Å². The maximum atomic E-state index is 10.9. The van der Waals surface area contributed by atoms with Gasteiger partial charge in [0.25, 0.3) is 5.97 Å². The summed E-state index contributed by atoms with van der Waals surface area (Å²) in [6, 6.07) is 0. The van der Waals surface area contributed by atoms with E-state index in [0.717, 1.165) is 0 Å². The summed E-state index contributed by atoms with van der Waals surface area (Å²) >= 11 is 1.52. The summed E-state index contributed by atoms with van der Waals surface area (Å²) in [6.07, 6.45) is -7.85. The first-order chi connectivity index (χ1) is 6.45. The predicted molar refractivity (Wildman–Crippen MR) is 55.2 cm³/mol. The molecule has 0 fully saturated rings. The number of aliphatic hydroxyl groups is 4. The average Bonchev–Trinajstić information content (AvgIpc) is 2.23. The molecule has 0 saturated carbocycles. The van der Waals surface area contributed by atoms with Gasteiger partial charge in [-0.1, -0.05) is 0 Å². The van der Waals surface area contributed by atoms with Gasteiger partial charge in [0.15, 0.2) is 0 Å². The Morgan fingerprint density at radius 3 is 1.74 bits per heavy atom. The van der Waals surface area contributed by atoms with E-state index >= 15 is 0 Å². The second-order valence-corrected chi connectivity index (χ2v) is 2.82. The monoisotopic (exact) mass is 332 g/mol. The Morgan fingerprint density at radius 2 is 1.47 bits per heavy atom. The van der Waals surface area contributed by atoms with Crippen LogP contribution in [-0.2, 0) is 8.58 Å². The van der Waals surface area contributed by atoms with Crippen molar-refractivity contribution in [1.82, 2.24) is 0 Å². The summed E-state index contributed by atoms with van der Waals surface area (Å²) in [4.78, 5) is 10.6. The van der Waals surface area contributed by atoms with Crippen molar-refractivity contribution in [2.45, 2.75) is 24.4 Å². The fraction of sp³-hybridized carbons (Fsp3) is 0.833. The summed E-state index contributed by atoms with van der Waals surface area (Å²) in [5.74, 6) is -1.29. The minimum absolute atomic E-state index is 0. The zero-order valence-corrected chi connectivity index (χ0v) is 14.4. The summed E-state index contributed by atoms with van der Waals surface area (Å²) in [7, 11) is 0. The van der Waals surface area contributed by atoms with Gasteiger partial charge >= 0.3 is 68.0 Å². The summed E-state index contributed by atoms with van der Waals surface area (Å²) in [5.41, 5.74) is 0. The molecule has 13 heteroatoms. The molecule has 0 rings (SSSR count). The third-order valence-corrected chi connectivity index (χ3v) is 1.82. The van der Waals surface area contributed by atoms with Gasteiger partial charge in [-0.15, -0.1) is 0 Å². The van der Waals surface area contributed by atoms with Crippen LogP contribution in [0.2, 0.25) is 0 Å². The molecule has 0 heterocycles. The SMILES string of the molecule is O.O.O.O.O=C([O][Al])C([O-])C(O)C(O)C(O)CO.[K+]. The largest absolute Gasteiger partial charge is 1.00 e. The molecular formula is C6H18AlKO11. The van der Waals surface area contributed by atoms with Crippen molar-refractivity contribution >= 4 is 22.6 Å². The minimum Gasteiger partial charge on any atom is -0.842 e. The number of rotatable bonds is 5. The van der Waals surface area contributed by atoms with E-state index in [4.69, 9.17) is 20.4 Å². The van der Waals surface area contributed by atoms with Gasteiger partial charge in [-0.05, 0) is 0 Å². The van der Waals surface area contributed by atoms with Gasteiger partial charge in [0, 0.05) is 6.10 Å². The zero-order valence-electron chi connectivity index (χ0n) is 10.1.